The molecule has 2 aliphatic rings. The number of amides is 2. The molecule has 2 aliphatic heterocycles. The van der Waals surface area contributed by atoms with E-state index in [2.05, 4.69) is 30.6 Å². The molecule has 4 heterocycles. The predicted octanol–water partition coefficient (Wildman–Crippen LogP) is 2.19. The summed E-state index contributed by atoms with van der Waals surface area (Å²) in [4.78, 5) is 38.9. The lowest BCUT2D eigenvalue weighted by Gasteiger charge is -2.04. The van der Waals surface area contributed by atoms with Gasteiger partial charge < -0.3 is 10.6 Å². The van der Waals surface area contributed by atoms with Crippen molar-refractivity contribution in [2.24, 2.45) is 0 Å². The van der Waals surface area contributed by atoms with Crippen LogP contribution in [0.2, 0.25) is 0 Å². The van der Waals surface area contributed by atoms with Gasteiger partial charge in [-0.2, -0.15) is 0 Å². The molecule has 0 bridgehead atoms. The number of carbonyl (C=O) groups is 2. The number of aromatic nitrogens is 4. The molecule has 0 radical (unpaired) electrons. The van der Waals surface area contributed by atoms with Crippen LogP contribution in [-0.4, -0.2) is 31.8 Å². The number of rotatable bonds is 2. The molecule has 2 N–H and O–H groups in total. The zero-order valence-corrected chi connectivity index (χ0v) is 15.3. The molecule has 8 heteroatoms. The first-order chi connectivity index (χ1) is 12.3. The van der Waals surface area contributed by atoms with Crippen LogP contribution in [0.15, 0.2) is 12.4 Å². The molecule has 0 aromatic carbocycles. The van der Waals surface area contributed by atoms with E-state index in [1.54, 1.807) is 12.4 Å². The second-order valence-corrected chi connectivity index (χ2v) is 6.95. The second-order valence-electron chi connectivity index (χ2n) is 6.95. The van der Waals surface area contributed by atoms with Gasteiger partial charge in [0.1, 0.15) is 11.6 Å². The van der Waals surface area contributed by atoms with Gasteiger partial charge in [-0.25, -0.2) is 15.0 Å². The highest BCUT2D eigenvalue weighted by Crippen LogP contribution is 2.22. The molecule has 26 heavy (non-hydrogen) atoms. The molecule has 2 amide bonds. The van der Waals surface area contributed by atoms with Crippen LogP contribution in [0.4, 0.5) is 11.6 Å². The summed E-state index contributed by atoms with van der Waals surface area (Å²) in [5, 5.41) is 5.38. The minimum atomic E-state index is -0.0177. The predicted molar refractivity (Wildman–Crippen MR) is 96.9 cm³/mol. The summed E-state index contributed by atoms with van der Waals surface area (Å²) in [6.07, 6.45) is 4.24. The van der Waals surface area contributed by atoms with E-state index in [4.69, 9.17) is 0 Å². The Hall–Kier alpha value is -2.90. The van der Waals surface area contributed by atoms with Crippen molar-refractivity contribution >= 4 is 23.5 Å². The molecule has 2 aromatic heterocycles. The van der Waals surface area contributed by atoms with Crippen LogP contribution < -0.4 is 10.6 Å². The smallest absolute Gasteiger partial charge is 0.231 e. The average molecular weight is 354 g/mol. The Labute approximate surface area is 151 Å². The fourth-order valence-corrected chi connectivity index (χ4v) is 2.55. The Morgan fingerprint density at radius 1 is 0.846 bits per heavy atom. The van der Waals surface area contributed by atoms with E-state index in [0.29, 0.717) is 36.3 Å². The third kappa shape index (κ3) is 3.84. The largest absolute Gasteiger partial charge is 0.310 e. The summed E-state index contributed by atoms with van der Waals surface area (Å²) in [6, 6.07) is 0. The molecule has 0 atom stereocenters. The fourth-order valence-electron chi connectivity index (χ4n) is 2.55. The SMILES string of the molecule is CC(C)c1cnc2c(n1)NC(=O)C2.CC(C)c1ncc2c(n1)NC(=O)C2. The van der Waals surface area contributed by atoms with Crippen molar-refractivity contribution in [1.82, 2.24) is 19.9 Å². The summed E-state index contributed by atoms with van der Waals surface area (Å²) >= 11 is 0. The van der Waals surface area contributed by atoms with Crippen molar-refractivity contribution in [3.63, 3.8) is 0 Å². The minimum absolute atomic E-state index is 0.00482. The number of fused-ring (bicyclic) bond motifs is 2. The zero-order chi connectivity index (χ0) is 18.8. The van der Waals surface area contributed by atoms with Gasteiger partial charge in [-0.15, -0.1) is 0 Å². The van der Waals surface area contributed by atoms with Gasteiger partial charge in [0, 0.05) is 23.9 Å². The minimum Gasteiger partial charge on any atom is -0.310 e. The first-order valence-electron chi connectivity index (χ1n) is 8.64. The molecule has 0 spiro atoms. The molecule has 136 valence electrons. The fraction of sp³-hybridized carbons (Fsp3) is 0.444. The maximum absolute atomic E-state index is 11.0. The van der Waals surface area contributed by atoms with Crippen LogP contribution in [-0.2, 0) is 22.4 Å². The first kappa shape index (κ1) is 17.9. The van der Waals surface area contributed by atoms with Crippen LogP contribution in [0.3, 0.4) is 0 Å². The van der Waals surface area contributed by atoms with Crippen LogP contribution >= 0.6 is 0 Å². The zero-order valence-electron chi connectivity index (χ0n) is 15.3. The van der Waals surface area contributed by atoms with Gasteiger partial charge in [-0.3, -0.25) is 14.6 Å². The number of nitrogens with zero attached hydrogens (tertiary/aromatic N) is 4. The Kier molecular flexibility index (Phi) is 4.92. The summed E-state index contributed by atoms with van der Waals surface area (Å²) < 4.78 is 0. The monoisotopic (exact) mass is 354 g/mol. The lowest BCUT2D eigenvalue weighted by atomic mass is 10.1. The van der Waals surface area contributed by atoms with Gasteiger partial charge in [-0.1, -0.05) is 27.7 Å². The van der Waals surface area contributed by atoms with E-state index in [0.717, 1.165) is 22.8 Å². The number of carbonyl (C=O) groups excluding carboxylic acids is 2. The van der Waals surface area contributed by atoms with E-state index in [-0.39, 0.29) is 11.8 Å². The molecule has 0 saturated heterocycles. The van der Waals surface area contributed by atoms with Crippen LogP contribution in [0.5, 0.6) is 0 Å². The van der Waals surface area contributed by atoms with Gasteiger partial charge in [-0.05, 0) is 5.92 Å². The van der Waals surface area contributed by atoms with Crippen molar-refractivity contribution in [3.05, 3.63) is 35.2 Å². The van der Waals surface area contributed by atoms with E-state index in [1.807, 2.05) is 27.7 Å². The lowest BCUT2D eigenvalue weighted by Crippen LogP contribution is -2.05. The summed E-state index contributed by atoms with van der Waals surface area (Å²) in [5.74, 6) is 2.72. The molecular weight excluding hydrogens is 332 g/mol. The molecule has 8 nitrogen and oxygen atoms in total. The van der Waals surface area contributed by atoms with Gasteiger partial charge in [0.2, 0.25) is 11.8 Å². The van der Waals surface area contributed by atoms with Crippen molar-refractivity contribution in [2.75, 3.05) is 10.6 Å². The number of hydrogen-bond donors (Lipinski definition) is 2. The summed E-state index contributed by atoms with van der Waals surface area (Å²) in [5.41, 5.74) is 2.57. The molecule has 0 aliphatic carbocycles. The molecular formula is C18H22N6O2. The van der Waals surface area contributed by atoms with Gasteiger partial charge >= 0.3 is 0 Å². The number of anilines is 2. The van der Waals surface area contributed by atoms with Gasteiger partial charge in [0.15, 0.2) is 5.82 Å². The number of hydrogen-bond acceptors (Lipinski definition) is 6. The summed E-state index contributed by atoms with van der Waals surface area (Å²) in [7, 11) is 0. The second kappa shape index (κ2) is 7.15. The Balaban J connectivity index is 0.000000151. The van der Waals surface area contributed by atoms with Crippen LogP contribution in [0.25, 0.3) is 0 Å². The maximum atomic E-state index is 11.0. The van der Waals surface area contributed by atoms with E-state index >= 15 is 0 Å². The average Bonchev–Trinajstić information content (AvgIpc) is 3.13. The lowest BCUT2D eigenvalue weighted by molar-refractivity contribution is -0.116. The normalized spacial score (nSPS) is 14.5. The van der Waals surface area contributed by atoms with Crippen molar-refractivity contribution in [2.45, 2.75) is 52.4 Å². The van der Waals surface area contributed by atoms with Crippen molar-refractivity contribution < 1.29 is 9.59 Å². The Bertz CT molecular complexity index is 791. The van der Waals surface area contributed by atoms with E-state index in [9.17, 15) is 9.59 Å². The summed E-state index contributed by atoms with van der Waals surface area (Å²) in [6.45, 7) is 8.15. The van der Waals surface area contributed by atoms with Crippen molar-refractivity contribution in [1.29, 1.82) is 0 Å². The molecule has 0 unspecified atom stereocenters. The molecule has 4 rings (SSSR count). The van der Waals surface area contributed by atoms with Gasteiger partial charge in [0.05, 0.1) is 24.2 Å². The first-order valence-corrected chi connectivity index (χ1v) is 8.64. The Morgan fingerprint density at radius 2 is 1.54 bits per heavy atom. The number of nitrogens with one attached hydrogen (secondary N) is 2. The van der Waals surface area contributed by atoms with Crippen LogP contribution in [0, 0.1) is 0 Å². The van der Waals surface area contributed by atoms with E-state index in [1.165, 1.54) is 0 Å². The van der Waals surface area contributed by atoms with Gasteiger partial charge in [0.25, 0.3) is 0 Å². The molecule has 0 saturated carbocycles. The van der Waals surface area contributed by atoms with Crippen molar-refractivity contribution in [3.8, 4) is 0 Å². The van der Waals surface area contributed by atoms with E-state index < -0.39 is 0 Å². The maximum Gasteiger partial charge on any atom is 0.231 e. The topological polar surface area (TPSA) is 110 Å². The molecule has 2 aromatic rings. The highest BCUT2D eigenvalue weighted by Gasteiger charge is 2.21. The van der Waals surface area contributed by atoms with Crippen LogP contribution in [0.1, 0.15) is 62.3 Å². The highest BCUT2D eigenvalue weighted by molar-refractivity contribution is 5.98. The third-order valence-corrected chi connectivity index (χ3v) is 4.05. The molecule has 0 fully saturated rings. The quantitative estimate of drug-likeness (QED) is 0.855. The third-order valence-electron chi connectivity index (χ3n) is 4.05. The Morgan fingerprint density at radius 3 is 2.23 bits per heavy atom. The standard InChI is InChI=1S/2C9H11N3O/c1-5(2)7-4-10-6-3-8(13)12-9(6)11-7;1-5(2)8-10-4-6-3-7(13)11-9(6)12-8/h4-5H,3H2,1-2H3,(H,11,12,13);4-5H,3H2,1-2H3,(H,10,11,12,13). The highest BCUT2D eigenvalue weighted by atomic mass is 16.2.